The van der Waals surface area contributed by atoms with Crippen molar-refractivity contribution in [3.05, 3.63) is 34.9 Å². The molecule has 0 spiro atoms. The normalized spacial score (nSPS) is 33.9. The number of hydrogen-bond acceptors (Lipinski definition) is 2. The van der Waals surface area contributed by atoms with Crippen molar-refractivity contribution in [3.8, 4) is 0 Å². The molecule has 2 saturated carbocycles. The smallest absolute Gasteiger partial charge is 0.142 e. The number of hydrogen-bond donors (Lipinski definition) is 1. The average Bonchev–Trinajstić information content (AvgIpc) is 2.92. The number of rotatable bonds is 3. The molecule has 96 valence electrons. The van der Waals surface area contributed by atoms with E-state index in [2.05, 4.69) is 0 Å². The third-order valence-corrected chi connectivity index (χ3v) is 5.04. The SMILES string of the molecule is NC1C2CCC(C2)C1C(=O)Cc1ccccc1Cl. The Balaban J connectivity index is 1.74. The average molecular weight is 264 g/mol. The molecular weight excluding hydrogens is 246 g/mol. The summed E-state index contributed by atoms with van der Waals surface area (Å²) in [5.74, 6) is 1.46. The Morgan fingerprint density at radius 3 is 2.67 bits per heavy atom. The van der Waals surface area contributed by atoms with Gasteiger partial charge in [0.25, 0.3) is 0 Å². The van der Waals surface area contributed by atoms with Crippen LogP contribution in [-0.4, -0.2) is 11.8 Å². The molecule has 0 heterocycles. The van der Waals surface area contributed by atoms with Crippen molar-refractivity contribution in [2.75, 3.05) is 0 Å². The third kappa shape index (κ3) is 1.98. The molecule has 2 aliphatic carbocycles. The van der Waals surface area contributed by atoms with Crippen molar-refractivity contribution in [1.82, 2.24) is 0 Å². The van der Waals surface area contributed by atoms with Crippen molar-refractivity contribution < 1.29 is 4.79 Å². The molecule has 3 heteroatoms. The minimum absolute atomic E-state index is 0.0695. The van der Waals surface area contributed by atoms with E-state index < -0.39 is 0 Å². The second kappa shape index (κ2) is 4.67. The van der Waals surface area contributed by atoms with Crippen LogP contribution in [0.5, 0.6) is 0 Å². The number of ketones is 1. The van der Waals surface area contributed by atoms with E-state index in [-0.39, 0.29) is 17.7 Å². The van der Waals surface area contributed by atoms with Gasteiger partial charge in [-0.2, -0.15) is 0 Å². The molecule has 1 aromatic rings. The van der Waals surface area contributed by atoms with Crippen LogP contribution >= 0.6 is 11.6 Å². The van der Waals surface area contributed by atoms with Gasteiger partial charge in [0, 0.05) is 23.4 Å². The summed E-state index contributed by atoms with van der Waals surface area (Å²) >= 11 is 6.11. The highest BCUT2D eigenvalue weighted by Gasteiger charge is 2.48. The van der Waals surface area contributed by atoms with E-state index in [1.54, 1.807) is 0 Å². The summed E-state index contributed by atoms with van der Waals surface area (Å²) in [4.78, 5) is 12.4. The minimum Gasteiger partial charge on any atom is -0.327 e. The molecular formula is C15H18ClNO. The molecule has 2 bridgehead atoms. The number of nitrogens with two attached hydrogens (primary N) is 1. The van der Waals surface area contributed by atoms with Crippen LogP contribution in [0.2, 0.25) is 5.02 Å². The molecule has 2 nitrogen and oxygen atoms in total. The standard InChI is InChI=1S/C15H18ClNO/c16-12-4-2-1-3-9(12)8-13(18)14-10-5-6-11(7-10)15(14)17/h1-4,10-11,14-15H,5-8,17H2. The van der Waals surface area contributed by atoms with Crippen molar-refractivity contribution in [1.29, 1.82) is 0 Å². The predicted octanol–water partition coefficient (Wildman–Crippen LogP) is 2.83. The molecule has 0 aromatic heterocycles. The largest absolute Gasteiger partial charge is 0.327 e. The van der Waals surface area contributed by atoms with Gasteiger partial charge < -0.3 is 5.73 Å². The van der Waals surface area contributed by atoms with Crippen LogP contribution in [0.25, 0.3) is 0 Å². The van der Waals surface area contributed by atoms with E-state index in [0.29, 0.717) is 23.3 Å². The monoisotopic (exact) mass is 263 g/mol. The van der Waals surface area contributed by atoms with Crippen molar-refractivity contribution in [3.63, 3.8) is 0 Å². The molecule has 2 aliphatic rings. The van der Waals surface area contributed by atoms with Gasteiger partial charge >= 0.3 is 0 Å². The second-order valence-corrected chi connectivity index (χ2v) is 6.08. The van der Waals surface area contributed by atoms with Gasteiger partial charge in [-0.05, 0) is 42.7 Å². The van der Waals surface area contributed by atoms with Crippen LogP contribution in [-0.2, 0) is 11.2 Å². The van der Waals surface area contributed by atoms with Crippen molar-refractivity contribution in [2.45, 2.75) is 31.7 Å². The van der Waals surface area contributed by atoms with Gasteiger partial charge in [0.2, 0.25) is 0 Å². The van der Waals surface area contributed by atoms with Crippen LogP contribution in [0, 0.1) is 17.8 Å². The number of carbonyl (C=O) groups is 1. The van der Waals surface area contributed by atoms with E-state index in [4.69, 9.17) is 17.3 Å². The highest BCUT2D eigenvalue weighted by atomic mass is 35.5. The topological polar surface area (TPSA) is 43.1 Å². The zero-order valence-corrected chi connectivity index (χ0v) is 11.1. The molecule has 0 radical (unpaired) electrons. The maximum Gasteiger partial charge on any atom is 0.142 e. The fourth-order valence-electron chi connectivity index (χ4n) is 3.76. The first-order valence-corrected chi connectivity index (χ1v) is 7.06. The van der Waals surface area contributed by atoms with Gasteiger partial charge in [-0.1, -0.05) is 29.8 Å². The lowest BCUT2D eigenvalue weighted by atomic mass is 9.80. The Morgan fingerprint density at radius 1 is 1.28 bits per heavy atom. The molecule has 2 N–H and O–H groups in total. The maximum absolute atomic E-state index is 12.4. The lowest BCUT2D eigenvalue weighted by Gasteiger charge is -2.27. The van der Waals surface area contributed by atoms with E-state index in [1.165, 1.54) is 12.8 Å². The van der Waals surface area contributed by atoms with Crippen LogP contribution in [0.1, 0.15) is 24.8 Å². The Bertz CT molecular complexity index is 471. The van der Waals surface area contributed by atoms with Gasteiger partial charge in [-0.3, -0.25) is 4.79 Å². The predicted molar refractivity (Wildman–Crippen MR) is 72.5 cm³/mol. The first-order valence-electron chi connectivity index (χ1n) is 6.68. The van der Waals surface area contributed by atoms with Crippen LogP contribution < -0.4 is 5.73 Å². The lowest BCUT2D eigenvalue weighted by Crippen LogP contribution is -2.40. The van der Waals surface area contributed by atoms with E-state index in [9.17, 15) is 4.79 Å². The van der Waals surface area contributed by atoms with E-state index in [0.717, 1.165) is 12.0 Å². The molecule has 4 atom stereocenters. The number of carbonyl (C=O) groups excluding carboxylic acids is 1. The Kier molecular flexibility index (Phi) is 3.16. The Hall–Kier alpha value is -0.860. The molecule has 18 heavy (non-hydrogen) atoms. The summed E-state index contributed by atoms with van der Waals surface area (Å²) in [6.45, 7) is 0. The quantitative estimate of drug-likeness (QED) is 0.911. The van der Waals surface area contributed by atoms with Gasteiger partial charge in [-0.25, -0.2) is 0 Å². The first kappa shape index (κ1) is 12.2. The van der Waals surface area contributed by atoms with Gasteiger partial charge in [0.1, 0.15) is 5.78 Å². The summed E-state index contributed by atoms with van der Waals surface area (Å²) in [5.41, 5.74) is 7.13. The number of benzene rings is 1. The Morgan fingerprint density at radius 2 is 2.00 bits per heavy atom. The van der Waals surface area contributed by atoms with Crippen LogP contribution in [0.4, 0.5) is 0 Å². The highest BCUT2D eigenvalue weighted by molar-refractivity contribution is 6.31. The summed E-state index contributed by atoms with van der Waals surface area (Å²) in [6.07, 6.45) is 3.97. The van der Waals surface area contributed by atoms with Gasteiger partial charge in [0.05, 0.1) is 0 Å². The first-order chi connectivity index (χ1) is 8.66. The number of Topliss-reactive ketones (excluding diaryl/α,β-unsaturated/α-hetero) is 1. The molecule has 0 aliphatic heterocycles. The second-order valence-electron chi connectivity index (χ2n) is 5.67. The fraction of sp³-hybridized carbons (Fsp3) is 0.533. The maximum atomic E-state index is 12.4. The van der Waals surface area contributed by atoms with E-state index >= 15 is 0 Å². The van der Waals surface area contributed by atoms with Crippen molar-refractivity contribution in [2.24, 2.45) is 23.5 Å². The highest BCUT2D eigenvalue weighted by Crippen LogP contribution is 2.48. The number of halogens is 1. The molecule has 0 amide bonds. The molecule has 1 aromatic carbocycles. The van der Waals surface area contributed by atoms with Gasteiger partial charge in [-0.15, -0.1) is 0 Å². The van der Waals surface area contributed by atoms with Gasteiger partial charge in [0.15, 0.2) is 0 Å². The summed E-state index contributed by atoms with van der Waals surface area (Å²) < 4.78 is 0. The fourth-order valence-corrected chi connectivity index (χ4v) is 3.96. The summed E-state index contributed by atoms with van der Waals surface area (Å²) in [5, 5.41) is 0.683. The Labute approximate surface area is 113 Å². The molecule has 4 unspecified atom stereocenters. The third-order valence-electron chi connectivity index (χ3n) is 4.67. The van der Waals surface area contributed by atoms with Crippen molar-refractivity contribution >= 4 is 17.4 Å². The molecule has 3 rings (SSSR count). The zero-order chi connectivity index (χ0) is 12.7. The number of fused-ring (bicyclic) bond motifs is 2. The minimum atomic E-state index is 0.0695. The summed E-state index contributed by atoms with van der Waals surface area (Å²) in [7, 11) is 0. The van der Waals surface area contributed by atoms with Crippen LogP contribution in [0.3, 0.4) is 0 Å². The van der Waals surface area contributed by atoms with E-state index in [1.807, 2.05) is 24.3 Å². The molecule has 0 saturated heterocycles. The summed E-state index contributed by atoms with van der Waals surface area (Å²) in [6, 6.07) is 7.66. The van der Waals surface area contributed by atoms with Crippen LogP contribution in [0.15, 0.2) is 24.3 Å². The molecule has 2 fully saturated rings. The zero-order valence-electron chi connectivity index (χ0n) is 10.3. The lowest BCUT2D eigenvalue weighted by molar-refractivity contribution is -0.124.